The van der Waals surface area contributed by atoms with E-state index in [1.807, 2.05) is 0 Å². The molecule has 84 valence electrons. The summed E-state index contributed by atoms with van der Waals surface area (Å²) in [5.41, 5.74) is 5.46. The molecule has 0 saturated carbocycles. The van der Waals surface area contributed by atoms with Crippen LogP contribution in [0.2, 0.25) is 5.02 Å². The Morgan fingerprint density at radius 2 is 2.27 bits per heavy atom. The molecule has 0 spiro atoms. The molecule has 0 bridgehead atoms. The Bertz CT molecular complexity index is 314. The van der Waals surface area contributed by atoms with Crippen molar-refractivity contribution in [2.24, 2.45) is 5.92 Å². The van der Waals surface area contributed by atoms with E-state index in [1.165, 1.54) is 12.6 Å². The fraction of sp³-hybridized carbons (Fsp3) is 0.600. The normalized spacial score (nSPS) is 10.7. The highest BCUT2D eigenvalue weighted by atomic mass is 35.5. The summed E-state index contributed by atoms with van der Waals surface area (Å²) in [5, 5.41) is 3.65. The second kappa shape index (κ2) is 5.75. The summed E-state index contributed by atoms with van der Waals surface area (Å²) in [6.07, 6.45) is 3.79. The van der Waals surface area contributed by atoms with Crippen LogP contribution in [-0.2, 0) is 0 Å². The maximum atomic E-state index is 5.89. The predicted octanol–water partition coefficient (Wildman–Crippen LogP) is 2.56. The van der Waals surface area contributed by atoms with Gasteiger partial charge in [0, 0.05) is 6.54 Å². The van der Waals surface area contributed by atoms with Crippen molar-refractivity contribution in [3.63, 3.8) is 0 Å². The van der Waals surface area contributed by atoms with Crippen molar-refractivity contribution in [2.75, 3.05) is 17.6 Å². The fourth-order valence-electron chi connectivity index (χ4n) is 1.22. The van der Waals surface area contributed by atoms with Crippen LogP contribution >= 0.6 is 11.6 Å². The van der Waals surface area contributed by atoms with Crippen LogP contribution in [-0.4, -0.2) is 16.5 Å². The first-order chi connectivity index (χ1) is 7.09. The minimum absolute atomic E-state index is 0.241. The van der Waals surface area contributed by atoms with Gasteiger partial charge in [-0.1, -0.05) is 25.4 Å². The molecule has 5 heteroatoms. The lowest BCUT2D eigenvalue weighted by Gasteiger charge is -2.08. The van der Waals surface area contributed by atoms with Crippen molar-refractivity contribution in [1.29, 1.82) is 0 Å². The molecule has 0 aliphatic heterocycles. The molecule has 0 aliphatic carbocycles. The van der Waals surface area contributed by atoms with Gasteiger partial charge in [-0.05, 0) is 18.8 Å². The molecule has 3 N–H and O–H groups in total. The molecule has 0 aliphatic rings. The third-order valence-corrected chi connectivity index (χ3v) is 2.29. The van der Waals surface area contributed by atoms with Crippen LogP contribution in [0.4, 0.5) is 11.8 Å². The lowest BCUT2D eigenvalue weighted by Crippen LogP contribution is -2.07. The van der Waals surface area contributed by atoms with Crippen molar-refractivity contribution in [3.05, 3.63) is 11.2 Å². The lowest BCUT2D eigenvalue weighted by atomic mass is 10.1. The van der Waals surface area contributed by atoms with Gasteiger partial charge in [-0.15, -0.1) is 0 Å². The Balaban J connectivity index is 2.40. The summed E-state index contributed by atoms with van der Waals surface area (Å²) in [6.45, 7) is 5.26. The number of nitrogens with two attached hydrogens (primary N) is 1. The third kappa shape index (κ3) is 4.34. The maximum Gasteiger partial charge on any atom is 0.222 e. The molecule has 0 saturated heterocycles. The molecular weight excluding hydrogens is 212 g/mol. The summed E-state index contributed by atoms with van der Waals surface area (Å²) in [6, 6.07) is 0. The zero-order valence-corrected chi connectivity index (χ0v) is 9.88. The van der Waals surface area contributed by atoms with E-state index < -0.39 is 0 Å². The van der Waals surface area contributed by atoms with E-state index in [4.69, 9.17) is 17.3 Å². The van der Waals surface area contributed by atoms with E-state index >= 15 is 0 Å². The van der Waals surface area contributed by atoms with E-state index in [2.05, 4.69) is 29.1 Å². The summed E-state index contributed by atoms with van der Waals surface area (Å²) in [4.78, 5) is 7.80. The van der Waals surface area contributed by atoms with Crippen LogP contribution in [0, 0.1) is 5.92 Å². The number of hydrogen-bond acceptors (Lipinski definition) is 4. The number of nitrogen functional groups attached to an aromatic ring is 1. The van der Waals surface area contributed by atoms with Crippen LogP contribution in [0.15, 0.2) is 6.20 Å². The highest BCUT2D eigenvalue weighted by Crippen LogP contribution is 2.18. The summed E-state index contributed by atoms with van der Waals surface area (Å²) < 4.78 is 0. The standard InChI is InChI=1S/C10H17ClN4/c1-7(2)4-3-5-13-9-8(11)6-14-10(12)15-9/h6-7H,3-5H2,1-2H3,(H3,12,13,14,15). The molecule has 0 amide bonds. The molecule has 1 rings (SSSR count). The van der Waals surface area contributed by atoms with E-state index in [-0.39, 0.29) is 5.95 Å². The van der Waals surface area contributed by atoms with Gasteiger partial charge in [-0.3, -0.25) is 0 Å². The van der Waals surface area contributed by atoms with E-state index in [9.17, 15) is 0 Å². The van der Waals surface area contributed by atoms with Crippen molar-refractivity contribution >= 4 is 23.4 Å². The largest absolute Gasteiger partial charge is 0.369 e. The molecule has 15 heavy (non-hydrogen) atoms. The average molecular weight is 229 g/mol. The van der Waals surface area contributed by atoms with Crippen LogP contribution in [0.3, 0.4) is 0 Å². The zero-order valence-electron chi connectivity index (χ0n) is 9.13. The number of hydrogen-bond donors (Lipinski definition) is 2. The van der Waals surface area contributed by atoms with Gasteiger partial charge >= 0.3 is 0 Å². The van der Waals surface area contributed by atoms with Gasteiger partial charge in [-0.2, -0.15) is 4.98 Å². The molecule has 0 radical (unpaired) electrons. The van der Waals surface area contributed by atoms with Crippen LogP contribution in [0.1, 0.15) is 26.7 Å². The third-order valence-electron chi connectivity index (χ3n) is 2.01. The average Bonchev–Trinajstić information content (AvgIpc) is 2.17. The second-order valence-electron chi connectivity index (χ2n) is 3.89. The van der Waals surface area contributed by atoms with Gasteiger partial charge in [-0.25, -0.2) is 4.98 Å². The molecule has 1 aromatic heterocycles. The Hall–Kier alpha value is -1.03. The number of anilines is 2. The number of halogens is 1. The first-order valence-corrected chi connectivity index (χ1v) is 5.49. The summed E-state index contributed by atoms with van der Waals surface area (Å²) in [7, 11) is 0. The molecule has 0 atom stereocenters. The Labute approximate surface area is 95.3 Å². The van der Waals surface area contributed by atoms with Gasteiger partial charge in [0.2, 0.25) is 5.95 Å². The molecule has 1 heterocycles. The number of aromatic nitrogens is 2. The summed E-state index contributed by atoms with van der Waals surface area (Å²) in [5.74, 6) is 1.58. The van der Waals surface area contributed by atoms with E-state index in [0.29, 0.717) is 10.8 Å². The van der Waals surface area contributed by atoms with Crippen LogP contribution < -0.4 is 11.1 Å². The first kappa shape index (κ1) is 12.0. The Morgan fingerprint density at radius 1 is 1.53 bits per heavy atom. The topological polar surface area (TPSA) is 63.8 Å². The van der Waals surface area contributed by atoms with E-state index in [0.717, 1.165) is 18.9 Å². The summed E-state index contributed by atoms with van der Waals surface area (Å²) >= 11 is 5.89. The van der Waals surface area contributed by atoms with Crippen molar-refractivity contribution in [3.8, 4) is 0 Å². The van der Waals surface area contributed by atoms with Gasteiger partial charge in [0.25, 0.3) is 0 Å². The van der Waals surface area contributed by atoms with Gasteiger partial charge in [0.05, 0.1) is 6.20 Å². The minimum atomic E-state index is 0.241. The Kier molecular flexibility index (Phi) is 4.62. The monoisotopic (exact) mass is 228 g/mol. The van der Waals surface area contributed by atoms with Crippen LogP contribution in [0.25, 0.3) is 0 Å². The molecular formula is C10H17ClN4. The number of nitrogens with zero attached hydrogens (tertiary/aromatic N) is 2. The zero-order chi connectivity index (χ0) is 11.3. The highest BCUT2D eigenvalue weighted by Gasteiger charge is 2.02. The molecule has 0 unspecified atom stereocenters. The minimum Gasteiger partial charge on any atom is -0.369 e. The fourth-order valence-corrected chi connectivity index (χ4v) is 1.38. The van der Waals surface area contributed by atoms with Crippen molar-refractivity contribution in [1.82, 2.24) is 9.97 Å². The van der Waals surface area contributed by atoms with E-state index in [1.54, 1.807) is 0 Å². The number of nitrogens with one attached hydrogen (secondary N) is 1. The smallest absolute Gasteiger partial charge is 0.222 e. The number of rotatable bonds is 5. The van der Waals surface area contributed by atoms with Gasteiger partial charge in [0.15, 0.2) is 0 Å². The van der Waals surface area contributed by atoms with Crippen molar-refractivity contribution < 1.29 is 0 Å². The van der Waals surface area contributed by atoms with Crippen molar-refractivity contribution in [2.45, 2.75) is 26.7 Å². The predicted molar refractivity (Wildman–Crippen MR) is 64.0 cm³/mol. The molecule has 0 fully saturated rings. The SMILES string of the molecule is CC(C)CCCNc1nc(N)ncc1Cl. The Morgan fingerprint density at radius 3 is 2.93 bits per heavy atom. The first-order valence-electron chi connectivity index (χ1n) is 5.11. The highest BCUT2D eigenvalue weighted by molar-refractivity contribution is 6.32. The van der Waals surface area contributed by atoms with Gasteiger partial charge in [0.1, 0.15) is 10.8 Å². The molecule has 1 aromatic rings. The molecule has 4 nitrogen and oxygen atoms in total. The molecule has 0 aromatic carbocycles. The van der Waals surface area contributed by atoms with Gasteiger partial charge < -0.3 is 11.1 Å². The quantitative estimate of drug-likeness (QED) is 0.761. The maximum absolute atomic E-state index is 5.89. The second-order valence-corrected chi connectivity index (χ2v) is 4.29. The lowest BCUT2D eigenvalue weighted by molar-refractivity contribution is 0.566. The van der Waals surface area contributed by atoms with Crippen LogP contribution in [0.5, 0.6) is 0 Å².